The lowest BCUT2D eigenvalue weighted by molar-refractivity contribution is -0.374. The summed E-state index contributed by atoms with van der Waals surface area (Å²) < 4.78 is 92.3. The summed E-state index contributed by atoms with van der Waals surface area (Å²) in [6.07, 6.45) is -63.6. The zero-order valence-corrected chi connectivity index (χ0v) is 62.0. The van der Waals surface area contributed by atoms with E-state index < -0.39 is 318 Å². The van der Waals surface area contributed by atoms with Gasteiger partial charge < -0.3 is 185 Å². The summed E-state index contributed by atoms with van der Waals surface area (Å²) in [7, 11) is 0. The summed E-state index contributed by atoms with van der Waals surface area (Å²) in [6, 6.07) is -15.1. The number of amides is 8. The number of hydrogen-bond acceptors (Lipinski definition) is 37. The van der Waals surface area contributed by atoms with Crippen molar-refractivity contribution in [2.45, 2.75) is 328 Å². The predicted octanol–water partition coefficient (Wildman–Crippen LogP) is -13.0. The number of carboxylic acids is 2. The third-order valence-corrected chi connectivity index (χ3v) is 19.6. The third-order valence-electron chi connectivity index (χ3n) is 19.6. The van der Waals surface area contributed by atoms with Crippen molar-refractivity contribution >= 4 is 59.2 Å². The normalized spacial score (nSPS) is 44.7. The molecule has 111 heavy (non-hydrogen) atoms. The van der Waals surface area contributed by atoms with Gasteiger partial charge in [0.1, 0.15) is 158 Å². The van der Waals surface area contributed by atoms with Gasteiger partial charge in [0.25, 0.3) is 0 Å². The predicted molar refractivity (Wildman–Crippen MR) is 353 cm³/mol. The summed E-state index contributed by atoms with van der Waals surface area (Å²) in [5, 5.41) is 178. The maximum atomic E-state index is 14.1. The highest BCUT2D eigenvalue weighted by molar-refractivity contribution is 5.77. The van der Waals surface area contributed by atoms with E-state index in [0.29, 0.717) is 0 Å². The molecule has 0 unspecified atom stereocenters. The Hall–Kier alpha value is -6.38. The zero-order valence-electron chi connectivity index (χ0n) is 62.0. The molecule has 8 heterocycles. The molecule has 0 aromatic heterocycles. The number of carbonyl (C=O) groups is 10. The molecule has 0 aromatic carbocycles. The molecule has 40 atom stereocenters. The van der Waals surface area contributed by atoms with Crippen LogP contribution in [0.15, 0.2) is 0 Å². The molecule has 0 saturated carbocycles. The molecule has 8 amide bonds. The quantitative estimate of drug-likeness (QED) is 0.0382. The Labute approximate surface area is 632 Å². The lowest BCUT2D eigenvalue weighted by Gasteiger charge is -2.53. The summed E-state index contributed by atoms with van der Waals surface area (Å²) in [4.78, 5) is 132. The Morgan fingerprint density at radius 1 is 0.261 bits per heavy atom. The molecule has 22 N–H and O–H groups in total. The number of ether oxygens (including phenoxy) is 15. The maximum absolute atomic E-state index is 14.1. The van der Waals surface area contributed by atoms with Crippen LogP contribution in [0.4, 0.5) is 0 Å². The van der Waals surface area contributed by atoms with Crippen LogP contribution in [0.1, 0.15) is 83.1 Å². The molecule has 8 saturated heterocycles. The van der Waals surface area contributed by atoms with Gasteiger partial charge in [-0.2, -0.15) is 0 Å². The van der Waals surface area contributed by atoms with Gasteiger partial charge in [-0.1, -0.05) is 0 Å². The molecule has 8 rings (SSSR count). The van der Waals surface area contributed by atoms with Crippen LogP contribution in [-0.2, 0) is 119 Å². The van der Waals surface area contributed by atoms with Gasteiger partial charge in [-0.15, -0.1) is 0 Å². The topological polar surface area (TPSA) is 689 Å². The van der Waals surface area contributed by atoms with Crippen LogP contribution in [0.2, 0.25) is 0 Å². The second-order valence-corrected chi connectivity index (χ2v) is 28.3. The second-order valence-electron chi connectivity index (χ2n) is 28.3. The molecule has 47 heteroatoms. The minimum absolute atomic E-state index is 0.781. The highest BCUT2D eigenvalue weighted by atomic mass is 16.8. The Morgan fingerprint density at radius 3 is 0.847 bits per heavy atom. The van der Waals surface area contributed by atoms with Crippen LogP contribution in [0.5, 0.6) is 0 Å². The smallest absolute Gasteiger partial charge is 0.335 e. The molecule has 0 aromatic rings. The Bertz CT molecular complexity index is 3250. The van der Waals surface area contributed by atoms with Crippen LogP contribution in [0.3, 0.4) is 0 Å². The van der Waals surface area contributed by atoms with Gasteiger partial charge in [-0.05, 0) is 27.7 Å². The van der Waals surface area contributed by atoms with E-state index in [-0.39, 0.29) is 0 Å². The maximum Gasteiger partial charge on any atom is 0.335 e. The summed E-state index contributed by atoms with van der Waals surface area (Å²) in [5.74, 6) is -11.2. The van der Waals surface area contributed by atoms with E-state index in [1.54, 1.807) is 0 Å². The van der Waals surface area contributed by atoms with E-state index in [1.807, 2.05) is 0 Å². The van der Waals surface area contributed by atoms with Gasteiger partial charge in [-0.25, -0.2) is 9.59 Å². The highest BCUT2D eigenvalue weighted by Gasteiger charge is 2.62. The van der Waals surface area contributed by atoms with E-state index in [4.69, 9.17) is 71.1 Å². The highest BCUT2D eigenvalue weighted by Crippen LogP contribution is 2.40. The number of aliphatic hydroxyl groups excluding tert-OH is 12. The molecule has 0 spiro atoms. The van der Waals surface area contributed by atoms with E-state index in [1.165, 1.54) is 27.7 Å². The first-order chi connectivity index (χ1) is 52.0. The zero-order chi connectivity index (χ0) is 82.5. The molecule has 8 aliphatic rings. The van der Waals surface area contributed by atoms with Gasteiger partial charge in [0.2, 0.25) is 47.3 Å². The SMILES string of the molecule is CC(=O)N[C@@H]1[C@H](O[C@@H]2[C@H](O)[C@@H](NC(C)=O)[C@@H](O[C@@H]3[C@H](O)[C@H](C)O[C@@H](O[C@H]4[C@H](O)[C@@H](CO)O[C@@H](O[C@@H]5[C@@H](NC(C)=O)[C@@H](O[C@@H]6[C@H](O)[C@H](C)O[C@@H](O[C@H]7[C@H](O)[C@@H](CO)O[C@H](O)[C@@H]7NC(C)=O)[C@H]6NC(C)=O)O[C@H](C(=O)O)[C@@H]5O[C@@H]5O[C@@H](C)[C@@H](O)[C@@H](O)[C@@H]5NC(C)=O)[C@@H]4NC(C)=O)[C@H]3NC(C)=O)O[C@@H]2C(=O)O)O[C@@H](C)[C@@H](O)[C@H]1O. The van der Waals surface area contributed by atoms with Crippen molar-refractivity contribution in [1.29, 1.82) is 0 Å². The fourth-order valence-corrected chi connectivity index (χ4v) is 14.4. The standard InChI is InChI=1S/C64H102N8O39/c1-15-37(83)43(89)29(65-19(5)75)58(97-15)108-51-45(91)31(67-21(7)77)60(110-53(51)55(92)93)104-47-33(69-23(9)79)62(100-17(3)39(47)85)106-49-35(71-25(11)81)63(102-28(14-74)42(49)88)107-50-36(72-26(12)82)64(111-54(56(94)95)52(50)109-59-30(66-20(6)76)44(90)38(84)16(2)98-59)105-48-34(70-24(10)80)61(99-18(4)40(48)86)103-46-32(68-22(8)78)57(96)101-27(13-73)41(46)87/h15-18,27-54,57-64,73-74,83-91,96H,13-14H2,1-12H3,(H,65,75)(H,66,76)(H,67,77)(H,68,78)(H,69,79)(H,70,80)(H,71,81)(H,72,82)(H,92,93)(H,94,95)/t15-,16-,17-,18-,27+,28+,29-,30-,31+,32+,33-,34-,35+,36+,37+,38+,39+,40+,41+,42+,43-,44-,45+,46+,47-,48-,49+,50+,51+,52+,53-,54-,57-,58-,59-,60-,61-,62-,63-,64-/m0/s1. The number of hydrogen-bond donors (Lipinski definition) is 22. The van der Waals surface area contributed by atoms with Gasteiger partial charge in [-0.3, -0.25) is 38.4 Å². The first-order valence-corrected chi connectivity index (χ1v) is 35.5. The fraction of sp³-hybridized carbons (Fsp3) is 0.844. The molecule has 8 fully saturated rings. The van der Waals surface area contributed by atoms with Gasteiger partial charge in [0.15, 0.2) is 62.5 Å². The van der Waals surface area contributed by atoms with Crippen molar-refractivity contribution in [2.24, 2.45) is 0 Å². The number of carboxylic acid groups (broad SMARTS) is 2. The number of nitrogens with one attached hydrogen (secondary N) is 8. The first kappa shape index (κ1) is 90.2. The van der Waals surface area contributed by atoms with Crippen molar-refractivity contribution in [1.82, 2.24) is 42.5 Å². The van der Waals surface area contributed by atoms with Crippen molar-refractivity contribution in [2.75, 3.05) is 13.2 Å². The number of aliphatic hydroxyl groups is 12. The fourth-order valence-electron chi connectivity index (χ4n) is 14.4. The van der Waals surface area contributed by atoms with Gasteiger partial charge in [0.05, 0.1) is 37.6 Å². The van der Waals surface area contributed by atoms with Crippen molar-refractivity contribution in [3.8, 4) is 0 Å². The van der Waals surface area contributed by atoms with Crippen LogP contribution in [0, 0.1) is 0 Å². The Morgan fingerprint density at radius 2 is 0.495 bits per heavy atom. The lowest BCUT2D eigenvalue weighted by atomic mass is 9.92. The number of rotatable bonds is 26. The minimum atomic E-state index is -2.57. The van der Waals surface area contributed by atoms with E-state index in [9.17, 15) is 119 Å². The number of carbonyl (C=O) groups excluding carboxylic acids is 8. The Balaban J connectivity index is 1.21. The first-order valence-electron chi connectivity index (χ1n) is 35.5. The largest absolute Gasteiger partial charge is 0.479 e. The second kappa shape index (κ2) is 38.4. The van der Waals surface area contributed by atoms with Crippen molar-refractivity contribution in [3.63, 3.8) is 0 Å². The molecule has 47 nitrogen and oxygen atoms in total. The summed E-state index contributed by atoms with van der Waals surface area (Å²) in [5.41, 5.74) is 0. The average Bonchev–Trinajstić information content (AvgIpc) is 0.755. The van der Waals surface area contributed by atoms with Crippen molar-refractivity contribution < 1.29 is 190 Å². The van der Waals surface area contributed by atoms with Crippen molar-refractivity contribution in [3.05, 3.63) is 0 Å². The molecular weight excluding hydrogens is 1500 g/mol. The number of aliphatic carboxylic acids is 2. The molecule has 0 radical (unpaired) electrons. The van der Waals surface area contributed by atoms with Crippen LogP contribution >= 0.6 is 0 Å². The molecule has 8 aliphatic heterocycles. The minimum Gasteiger partial charge on any atom is -0.479 e. The monoisotopic (exact) mass is 1610 g/mol. The molecule has 632 valence electrons. The lowest BCUT2D eigenvalue weighted by Crippen LogP contribution is -2.74. The average molecular weight is 1610 g/mol. The molecular formula is C64H102N8O39. The van der Waals surface area contributed by atoms with Gasteiger partial charge in [0, 0.05) is 55.4 Å². The third kappa shape index (κ3) is 21.0. The van der Waals surface area contributed by atoms with E-state index in [0.717, 1.165) is 55.4 Å². The summed E-state index contributed by atoms with van der Waals surface area (Å²) in [6.45, 7) is 10.6. The van der Waals surface area contributed by atoms with E-state index in [2.05, 4.69) is 42.5 Å². The van der Waals surface area contributed by atoms with Crippen LogP contribution in [-0.4, -0.2) is 389 Å². The Kier molecular flexibility index (Phi) is 31.2. The van der Waals surface area contributed by atoms with E-state index >= 15 is 0 Å². The van der Waals surface area contributed by atoms with Crippen LogP contribution in [0.25, 0.3) is 0 Å². The van der Waals surface area contributed by atoms with Gasteiger partial charge >= 0.3 is 11.9 Å². The summed E-state index contributed by atoms with van der Waals surface area (Å²) >= 11 is 0. The molecule has 0 aliphatic carbocycles. The molecule has 0 bridgehead atoms. The van der Waals surface area contributed by atoms with Crippen LogP contribution < -0.4 is 42.5 Å².